The maximum absolute atomic E-state index is 10.3. The molecule has 3 rings (SSSR count). The van der Waals surface area contributed by atoms with Gasteiger partial charge in [0.25, 0.3) is 0 Å². The minimum Gasteiger partial charge on any atom is -0.386 e. The Hall–Kier alpha value is -2.14. The molecule has 28 heavy (non-hydrogen) atoms. The Morgan fingerprint density at radius 1 is 1.14 bits per heavy atom. The van der Waals surface area contributed by atoms with Gasteiger partial charge in [0.1, 0.15) is 17.5 Å². The summed E-state index contributed by atoms with van der Waals surface area (Å²) in [6.07, 6.45) is 2.01. The predicted molar refractivity (Wildman–Crippen MR) is 116 cm³/mol. The van der Waals surface area contributed by atoms with Crippen molar-refractivity contribution in [3.05, 3.63) is 46.8 Å². The molecule has 0 radical (unpaired) electrons. The first-order valence-electron chi connectivity index (χ1n) is 10.4. The maximum atomic E-state index is 10.3. The van der Waals surface area contributed by atoms with Crippen molar-refractivity contribution >= 4 is 11.6 Å². The molecule has 2 aromatic rings. The Kier molecular flexibility index (Phi) is 5.94. The number of fused-ring (bicyclic) bond motifs is 1. The third-order valence-corrected chi connectivity index (χ3v) is 5.50. The molecule has 1 aliphatic rings. The molecule has 1 atom stereocenters. The quantitative estimate of drug-likeness (QED) is 0.764. The third-order valence-electron chi connectivity index (χ3n) is 5.50. The van der Waals surface area contributed by atoms with E-state index in [9.17, 15) is 5.11 Å². The van der Waals surface area contributed by atoms with Crippen molar-refractivity contribution in [3.8, 4) is 0 Å². The lowest BCUT2D eigenvalue weighted by Crippen LogP contribution is -2.32. The van der Waals surface area contributed by atoms with Crippen LogP contribution >= 0.6 is 0 Å². The number of aliphatic hydroxyl groups is 1. The molecule has 0 saturated carbocycles. The number of aromatic nitrogens is 2. The van der Waals surface area contributed by atoms with E-state index in [2.05, 4.69) is 56.1 Å². The predicted octanol–water partition coefficient (Wildman–Crippen LogP) is 4.60. The van der Waals surface area contributed by atoms with Crippen LogP contribution in [0.3, 0.4) is 0 Å². The summed E-state index contributed by atoms with van der Waals surface area (Å²) in [6, 6.07) is 8.80. The fourth-order valence-corrected chi connectivity index (χ4v) is 3.43. The van der Waals surface area contributed by atoms with Crippen LogP contribution in [-0.4, -0.2) is 27.7 Å². The van der Waals surface area contributed by atoms with Gasteiger partial charge in [0.15, 0.2) is 0 Å². The smallest absolute Gasteiger partial charge is 0.135 e. The van der Waals surface area contributed by atoms with E-state index in [4.69, 9.17) is 9.97 Å². The van der Waals surface area contributed by atoms with Gasteiger partial charge < -0.3 is 15.3 Å². The molecule has 2 heterocycles. The van der Waals surface area contributed by atoms with E-state index >= 15 is 0 Å². The summed E-state index contributed by atoms with van der Waals surface area (Å²) in [4.78, 5) is 11.9. The Bertz CT molecular complexity index is 826. The second-order valence-corrected chi connectivity index (χ2v) is 8.79. The molecule has 0 amide bonds. The zero-order valence-corrected chi connectivity index (χ0v) is 18.1. The highest BCUT2D eigenvalue weighted by atomic mass is 16.3. The zero-order chi connectivity index (χ0) is 20.5. The fourth-order valence-electron chi connectivity index (χ4n) is 3.43. The molecule has 0 spiro atoms. The zero-order valence-electron chi connectivity index (χ0n) is 18.1. The summed E-state index contributed by atoms with van der Waals surface area (Å²) in [6.45, 7) is 14.0. The van der Waals surface area contributed by atoms with Crippen molar-refractivity contribution in [2.45, 2.75) is 78.5 Å². The van der Waals surface area contributed by atoms with Gasteiger partial charge in [-0.2, -0.15) is 0 Å². The number of anilines is 2. The average Bonchev–Trinajstić information content (AvgIpc) is 2.66. The fraction of sp³-hybridized carbons (Fsp3) is 0.565. The first-order chi connectivity index (χ1) is 13.2. The topological polar surface area (TPSA) is 61.3 Å². The molecule has 0 fully saturated rings. The van der Waals surface area contributed by atoms with E-state index in [1.165, 1.54) is 11.1 Å². The lowest BCUT2D eigenvalue weighted by molar-refractivity contribution is 0.0785. The molecule has 0 bridgehead atoms. The second kappa shape index (κ2) is 8.08. The van der Waals surface area contributed by atoms with E-state index in [1.54, 1.807) is 0 Å². The van der Waals surface area contributed by atoms with E-state index < -0.39 is 5.60 Å². The number of nitrogens with zero attached hydrogens (tertiary/aromatic N) is 3. The molecule has 5 heteroatoms. The number of hydrogen-bond acceptors (Lipinski definition) is 5. The highest BCUT2D eigenvalue weighted by Gasteiger charge is 2.23. The molecule has 0 unspecified atom stereocenters. The van der Waals surface area contributed by atoms with Crippen LogP contribution in [0.2, 0.25) is 0 Å². The Labute approximate surface area is 169 Å². The van der Waals surface area contributed by atoms with Gasteiger partial charge in [-0.25, -0.2) is 9.97 Å². The standard InChI is InChI=1S/C23H34N4O/c1-7-16(4)24-20-13-21(26-22(25-20)15(2)3)27-11-10-17-12-19(23(5,6)28)9-8-18(17)14-27/h8-9,12-13,15-16,28H,7,10-11,14H2,1-6H3,(H,24,25,26)/t16-/m0/s1. The lowest BCUT2D eigenvalue weighted by atomic mass is 9.91. The Morgan fingerprint density at radius 2 is 1.89 bits per heavy atom. The van der Waals surface area contributed by atoms with Crippen LogP contribution in [0.4, 0.5) is 11.6 Å². The van der Waals surface area contributed by atoms with Crippen molar-refractivity contribution in [3.63, 3.8) is 0 Å². The van der Waals surface area contributed by atoms with Gasteiger partial charge in [0, 0.05) is 31.1 Å². The summed E-state index contributed by atoms with van der Waals surface area (Å²) < 4.78 is 0. The van der Waals surface area contributed by atoms with Gasteiger partial charge in [-0.3, -0.25) is 0 Å². The molecular weight excluding hydrogens is 348 g/mol. The Morgan fingerprint density at radius 3 is 2.54 bits per heavy atom. The van der Waals surface area contributed by atoms with Crippen molar-refractivity contribution < 1.29 is 5.11 Å². The number of rotatable bonds is 6. The van der Waals surface area contributed by atoms with Crippen molar-refractivity contribution in [1.82, 2.24) is 9.97 Å². The van der Waals surface area contributed by atoms with Gasteiger partial charge >= 0.3 is 0 Å². The van der Waals surface area contributed by atoms with E-state index in [0.717, 1.165) is 49.0 Å². The van der Waals surface area contributed by atoms with Gasteiger partial charge in [-0.05, 0) is 50.3 Å². The Balaban J connectivity index is 1.88. The van der Waals surface area contributed by atoms with Crippen LogP contribution in [0.25, 0.3) is 0 Å². The molecule has 5 nitrogen and oxygen atoms in total. The molecule has 1 aliphatic heterocycles. The van der Waals surface area contributed by atoms with E-state index in [1.807, 2.05) is 19.9 Å². The van der Waals surface area contributed by atoms with Crippen molar-refractivity contribution in [1.29, 1.82) is 0 Å². The highest BCUT2D eigenvalue weighted by Crippen LogP contribution is 2.29. The van der Waals surface area contributed by atoms with Gasteiger partial charge in [0.2, 0.25) is 0 Å². The molecule has 0 aliphatic carbocycles. The van der Waals surface area contributed by atoms with Crippen LogP contribution < -0.4 is 10.2 Å². The summed E-state index contributed by atoms with van der Waals surface area (Å²) >= 11 is 0. The summed E-state index contributed by atoms with van der Waals surface area (Å²) in [5.74, 6) is 3.06. The molecule has 1 aromatic carbocycles. The maximum Gasteiger partial charge on any atom is 0.135 e. The van der Waals surface area contributed by atoms with Gasteiger partial charge in [-0.15, -0.1) is 0 Å². The number of benzene rings is 1. The normalized spacial score (nSPS) is 15.5. The molecule has 152 valence electrons. The SMILES string of the molecule is CC[C@H](C)Nc1cc(N2CCc3cc(C(C)(C)O)ccc3C2)nc(C(C)C)n1. The van der Waals surface area contributed by atoms with Gasteiger partial charge in [0.05, 0.1) is 5.60 Å². The van der Waals surface area contributed by atoms with Crippen LogP contribution in [0.1, 0.15) is 76.4 Å². The monoisotopic (exact) mass is 382 g/mol. The molecular formula is C23H34N4O. The van der Waals surface area contributed by atoms with Crippen molar-refractivity contribution in [2.75, 3.05) is 16.8 Å². The second-order valence-electron chi connectivity index (χ2n) is 8.79. The summed E-state index contributed by atoms with van der Waals surface area (Å²) in [5.41, 5.74) is 2.80. The summed E-state index contributed by atoms with van der Waals surface area (Å²) in [5, 5.41) is 13.8. The minimum atomic E-state index is -0.804. The molecule has 2 N–H and O–H groups in total. The largest absolute Gasteiger partial charge is 0.386 e. The van der Waals surface area contributed by atoms with Gasteiger partial charge in [-0.1, -0.05) is 39.0 Å². The molecule has 1 aromatic heterocycles. The highest BCUT2D eigenvalue weighted by molar-refractivity contribution is 5.52. The van der Waals surface area contributed by atoms with Crippen LogP contribution in [0.15, 0.2) is 24.3 Å². The van der Waals surface area contributed by atoms with Crippen LogP contribution in [-0.2, 0) is 18.6 Å². The first kappa shape index (κ1) is 20.6. The third kappa shape index (κ3) is 4.64. The van der Waals surface area contributed by atoms with Crippen molar-refractivity contribution in [2.24, 2.45) is 0 Å². The number of hydrogen-bond donors (Lipinski definition) is 2. The van der Waals surface area contributed by atoms with Crippen LogP contribution in [0.5, 0.6) is 0 Å². The minimum absolute atomic E-state index is 0.281. The number of nitrogens with one attached hydrogen (secondary N) is 1. The summed E-state index contributed by atoms with van der Waals surface area (Å²) in [7, 11) is 0. The van der Waals surface area contributed by atoms with Crippen LogP contribution in [0, 0.1) is 0 Å². The van der Waals surface area contributed by atoms with E-state index in [0.29, 0.717) is 6.04 Å². The lowest BCUT2D eigenvalue weighted by Gasteiger charge is -2.31. The first-order valence-corrected chi connectivity index (χ1v) is 10.4. The average molecular weight is 383 g/mol. The molecule has 0 saturated heterocycles. The van der Waals surface area contributed by atoms with E-state index in [-0.39, 0.29) is 5.92 Å².